The van der Waals surface area contributed by atoms with Gasteiger partial charge in [-0.25, -0.2) is 9.69 Å². The van der Waals surface area contributed by atoms with Gasteiger partial charge in [-0.2, -0.15) is 0 Å². The van der Waals surface area contributed by atoms with Crippen LogP contribution in [0.25, 0.3) is 6.08 Å². The summed E-state index contributed by atoms with van der Waals surface area (Å²) in [5.74, 6) is -2.43. The number of amides is 4. The number of nitrogens with zero attached hydrogens (tertiary/aromatic N) is 3. The molecule has 0 bridgehead atoms. The lowest BCUT2D eigenvalue weighted by molar-refractivity contribution is -0.394. The number of barbiturate groups is 1. The number of anilines is 1. The maximum absolute atomic E-state index is 13.1. The quantitative estimate of drug-likeness (QED) is 0.171. The molecule has 1 N–H and O–H groups in total. The number of non-ortho nitro benzene ring substituents is 1. The minimum atomic E-state index is -0.952. The van der Waals surface area contributed by atoms with Gasteiger partial charge in [0.05, 0.1) is 33.7 Å². The Hall–Kier alpha value is -5.01. The molecule has 1 saturated heterocycles. The Morgan fingerprint density at radius 1 is 0.923 bits per heavy atom. The molecule has 3 aromatic carbocycles. The summed E-state index contributed by atoms with van der Waals surface area (Å²) in [6.45, 7) is 0. The molecule has 39 heavy (non-hydrogen) atoms. The average Bonchev–Trinajstić information content (AvgIpc) is 2.88. The Labute approximate surface area is 228 Å². The first-order chi connectivity index (χ1) is 18.5. The van der Waals surface area contributed by atoms with E-state index in [0.717, 1.165) is 23.1 Å². The molecular weight excluding hydrogens is 559 g/mol. The number of nitrogens with one attached hydrogen (secondary N) is 1. The molecule has 1 aliphatic rings. The van der Waals surface area contributed by atoms with Crippen LogP contribution in [-0.4, -0.2) is 34.8 Å². The van der Waals surface area contributed by atoms with Crippen LogP contribution in [0.4, 0.5) is 21.9 Å². The number of urea groups is 1. The van der Waals surface area contributed by atoms with Gasteiger partial charge in [0, 0.05) is 11.1 Å². The molecule has 0 aliphatic carbocycles. The molecule has 4 amide bonds. The predicted octanol–water partition coefficient (Wildman–Crippen LogP) is 5.28. The number of nitro benzene ring substituents is 2. The number of hydrogen-bond acceptors (Lipinski definition) is 9. The minimum Gasteiger partial charge on any atom is -0.493 e. The number of hydrogen-bond donors (Lipinski definition) is 1. The summed E-state index contributed by atoms with van der Waals surface area (Å²) >= 11 is 12.2. The maximum atomic E-state index is 13.1. The van der Waals surface area contributed by atoms with Gasteiger partial charge < -0.3 is 9.47 Å². The Bertz CT molecular complexity index is 1590. The zero-order valence-corrected chi connectivity index (χ0v) is 21.1. The number of carbonyl (C=O) groups is 3. The van der Waals surface area contributed by atoms with Gasteiger partial charge in [0.1, 0.15) is 5.57 Å². The number of nitro groups is 2. The maximum Gasteiger partial charge on any atom is 0.335 e. The highest BCUT2D eigenvalue weighted by Crippen LogP contribution is 2.43. The van der Waals surface area contributed by atoms with E-state index < -0.39 is 44.6 Å². The fourth-order valence-corrected chi connectivity index (χ4v) is 3.91. The topological polar surface area (TPSA) is 171 Å². The van der Waals surface area contributed by atoms with E-state index >= 15 is 0 Å². The molecule has 0 unspecified atom stereocenters. The summed E-state index contributed by atoms with van der Waals surface area (Å²) in [4.78, 5) is 59.5. The van der Waals surface area contributed by atoms with Crippen molar-refractivity contribution < 1.29 is 33.7 Å². The Morgan fingerprint density at radius 3 is 2.23 bits per heavy atom. The van der Waals surface area contributed by atoms with Crippen LogP contribution >= 0.6 is 23.2 Å². The van der Waals surface area contributed by atoms with E-state index in [9.17, 15) is 34.6 Å². The van der Waals surface area contributed by atoms with Crippen LogP contribution in [0.5, 0.6) is 17.2 Å². The highest BCUT2D eigenvalue weighted by molar-refractivity contribution is 6.39. The molecule has 1 fully saturated rings. The lowest BCUT2D eigenvalue weighted by Crippen LogP contribution is -2.54. The Morgan fingerprint density at radius 2 is 1.62 bits per heavy atom. The second-order valence-corrected chi connectivity index (χ2v) is 8.58. The molecule has 198 valence electrons. The molecule has 0 aromatic heterocycles. The summed E-state index contributed by atoms with van der Waals surface area (Å²) in [5.41, 5.74) is -1.25. The molecule has 3 aromatic rings. The van der Waals surface area contributed by atoms with Crippen molar-refractivity contribution in [3.05, 3.63) is 96.0 Å². The third-order valence-electron chi connectivity index (χ3n) is 5.31. The van der Waals surface area contributed by atoms with Crippen LogP contribution in [-0.2, 0) is 9.59 Å². The zero-order valence-electron chi connectivity index (χ0n) is 19.5. The van der Waals surface area contributed by atoms with Crippen LogP contribution in [0.3, 0.4) is 0 Å². The number of methoxy groups -OCH3 is 1. The summed E-state index contributed by atoms with van der Waals surface area (Å²) in [7, 11) is 1.25. The number of rotatable bonds is 7. The molecule has 4 rings (SSSR count). The first-order valence-corrected chi connectivity index (χ1v) is 11.4. The molecule has 15 heteroatoms. The third kappa shape index (κ3) is 5.49. The predicted molar refractivity (Wildman–Crippen MR) is 138 cm³/mol. The summed E-state index contributed by atoms with van der Waals surface area (Å²) in [6.07, 6.45) is 1.17. The normalized spacial score (nSPS) is 14.3. The van der Waals surface area contributed by atoms with E-state index in [1.807, 2.05) is 0 Å². The second kappa shape index (κ2) is 10.8. The van der Waals surface area contributed by atoms with Crippen LogP contribution in [0.2, 0.25) is 10.0 Å². The monoisotopic (exact) mass is 572 g/mol. The molecular formula is C24H14Cl2N4O9. The first kappa shape index (κ1) is 27.0. The van der Waals surface area contributed by atoms with Crippen molar-refractivity contribution in [1.29, 1.82) is 0 Å². The average molecular weight is 573 g/mol. The standard InChI is InChI=1S/C24H14Cl2N4O9/c1-38-20-10-12(8-16-22(31)27-24(33)28(23(16)32)14-4-2-13(25)3-5-14)9-17(26)21(20)39-19-7-6-15(29(34)35)11-18(19)30(36)37/h2-11H,1H3,(H,27,31,33)/b16-8+. The van der Waals surface area contributed by atoms with E-state index in [1.165, 1.54) is 49.6 Å². The van der Waals surface area contributed by atoms with Crippen molar-refractivity contribution in [1.82, 2.24) is 5.32 Å². The molecule has 0 saturated carbocycles. The lowest BCUT2D eigenvalue weighted by Gasteiger charge is -2.26. The van der Waals surface area contributed by atoms with Gasteiger partial charge in [0.25, 0.3) is 17.5 Å². The van der Waals surface area contributed by atoms with Gasteiger partial charge in [-0.1, -0.05) is 23.2 Å². The molecule has 1 heterocycles. The van der Waals surface area contributed by atoms with Crippen molar-refractivity contribution in [3.8, 4) is 17.2 Å². The lowest BCUT2D eigenvalue weighted by atomic mass is 10.1. The Balaban J connectivity index is 1.71. The van der Waals surface area contributed by atoms with Gasteiger partial charge in [-0.05, 0) is 54.1 Å². The van der Waals surface area contributed by atoms with Crippen molar-refractivity contribution in [2.75, 3.05) is 12.0 Å². The number of ether oxygens (including phenoxy) is 2. The van der Waals surface area contributed by atoms with E-state index in [4.69, 9.17) is 32.7 Å². The van der Waals surface area contributed by atoms with E-state index in [2.05, 4.69) is 5.32 Å². The zero-order chi connectivity index (χ0) is 28.4. The van der Waals surface area contributed by atoms with E-state index in [0.29, 0.717) is 5.02 Å². The van der Waals surface area contributed by atoms with Crippen molar-refractivity contribution in [3.63, 3.8) is 0 Å². The molecule has 0 atom stereocenters. The van der Waals surface area contributed by atoms with Crippen LogP contribution in [0.15, 0.2) is 60.2 Å². The Kier molecular flexibility index (Phi) is 7.47. The SMILES string of the molecule is COc1cc(/C=C2\C(=O)NC(=O)N(c3ccc(Cl)cc3)C2=O)cc(Cl)c1Oc1ccc([N+](=O)[O-])cc1[N+](=O)[O-]. The molecule has 13 nitrogen and oxygen atoms in total. The van der Waals surface area contributed by atoms with E-state index in [1.54, 1.807) is 0 Å². The second-order valence-electron chi connectivity index (χ2n) is 7.74. The number of benzene rings is 3. The fourth-order valence-electron chi connectivity index (χ4n) is 3.53. The fraction of sp³-hybridized carbons (Fsp3) is 0.0417. The summed E-state index contributed by atoms with van der Waals surface area (Å²) < 4.78 is 10.9. The number of imide groups is 2. The van der Waals surface area contributed by atoms with Gasteiger partial charge in [0.15, 0.2) is 11.5 Å². The first-order valence-electron chi connectivity index (χ1n) is 10.7. The highest BCUT2D eigenvalue weighted by atomic mass is 35.5. The van der Waals surface area contributed by atoms with Crippen LogP contribution < -0.4 is 19.7 Å². The van der Waals surface area contributed by atoms with Crippen LogP contribution in [0.1, 0.15) is 5.56 Å². The summed E-state index contributed by atoms with van der Waals surface area (Å²) in [6, 6.07) is 10.2. The van der Waals surface area contributed by atoms with Crippen LogP contribution in [0, 0.1) is 20.2 Å². The van der Waals surface area contributed by atoms with Gasteiger partial charge in [-0.3, -0.25) is 35.1 Å². The summed E-state index contributed by atoms with van der Waals surface area (Å²) in [5, 5.41) is 24.8. The number of halogens is 2. The van der Waals surface area contributed by atoms with Gasteiger partial charge in [0.2, 0.25) is 5.75 Å². The van der Waals surface area contributed by atoms with Crippen molar-refractivity contribution in [2.45, 2.75) is 0 Å². The minimum absolute atomic E-state index is 0.0451. The third-order valence-corrected chi connectivity index (χ3v) is 5.84. The highest BCUT2D eigenvalue weighted by Gasteiger charge is 2.37. The molecule has 0 radical (unpaired) electrons. The van der Waals surface area contributed by atoms with Gasteiger partial charge in [-0.15, -0.1) is 0 Å². The van der Waals surface area contributed by atoms with Gasteiger partial charge >= 0.3 is 11.7 Å². The molecule has 0 spiro atoms. The van der Waals surface area contributed by atoms with Crippen molar-refractivity contribution in [2.24, 2.45) is 0 Å². The smallest absolute Gasteiger partial charge is 0.335 e. The van der Waals surface area contributed by atoms with E-state index in [-0.39, 0.29) is 33.5 Å². The largest absolute Gasteiger partial charge is 0.493 e. The van der Waals surface area contributed by atoms with Crippen molar-refractivity contribution >= 4 is 64.2 Å². The number of carbonyl (C=O) groups excluding carboxylic acids is 3. The molecule has 1 aliphatic heterocycles.